The first-order chi connectivity index (χ1) is 13.5. The molecule has 1 N–H and O–H groups in total. The van der Waals surface area contributed by atoms with Gasteiger partial charge in [-0.05, 0) is 54.9 Å². The normalized spacial score (nSPS) is 31.8. The van der Waals surface area contributed by atoms with E-state index in [1.807, 2.05) is 10.4 Å². The largest absolute Gasteiger partial charge is 0.508 e. The fourth-order valence-corrected chi connectivity index (χ4v) is 7.76. The smallest absolute Gasteiger partial charge is 0.439 e. The number of phenols is 1. The highest BCUT2D eigenvalue weighted by atomic mass is 31.2. The van der Waals surface area contributed by atoms with Gasteiger partial charge < -0.3 is 5.11 Å². The molecule has 6 rings (SSSR count). The van der Waals surface area contributed by atoms with E-state index in [-0.39, 0.29) is 5.75 Å². The van der Waals surface area contributed by atoms with Crippen molar-refractivity contribution < 1.29 is 18.7 Å². The Labute approximate surface area is 166 Å². The van der Waals surface area contributed by atoms with Gasteiger partial charge >= 0.3 is 7.75 Å². The summed E-state index contributed by atoms with van der Waals surface area (Å²) in [5, 5.41) is 11.1. The molecule has 3 aliphatic heterocycles. The summed E-state index contributed by atoms with van der Waals surface area (Å²) in [4.78, 5) is 2.67. The van der Waals surface area contributed by atoms with Crippen LogP contribution in [-0.4, -0.2) is 47.7 Å². The molecule has 4 heterocycles. The molecule has 6 nitrogen and oxygen atoms in total. The molecule has 0 radical (unpaired) electrons. The highest BCUT2D eigenvalue weighted by Gasteiger charge is 2.50. The van der Waals surface area contributed by atoms with E-state index in [1.165, 1.54) is 39.2 Å². The Kier molecular flexibility index (Phi) is 4.40. The molecule has 4 bridgehead atoms. The van der Waals surface area contributed by atoms with Gasteiger partial charge in [-0.3, -0.25) is 18.3 Å². The van der Waals surface area contributed by atoms with E-state index >= 15 is 0 Å². The Morgan fingerprint density at radius 2 is 2.04 bits per heavy atom. The van der Waals surface area contributed by atoms with Crippen molar-refractivity contribution in [3.8, 4) is 5.75 Å². The van der Waals surface area contributed by atoms with Crippen LogP contribution in [0, 0.1) is 11.8 Å². The molecule has 152 valence electrons. The monoisotopic (exact) mass is 404 g/mol. The Balaban J connectivity index is 1.81. The molecular formula is C21H29N2O4P. The quantitative estimate of drug-likeness (QED) is 0.768. The Morgan fingerprint density at radius 3 is 2.75 bits per heavy atom. The summed E-state index contributed by atoms with van der Waals surface area (Å²) in [6.45, 7) is 4.49. The number of benzene rings is 1. The molecule has 1 aliphatic carbocycles. The van der Waals surface area contributed by atoms with Gasteiger partial charge in [-0.15, -0.1) is 0 Å². The van der Waals surface area contributed by atoms with Gasteiger partial charge in [0.1, 0.15) is 5.75 Å². The minimum Gasteiger partial charge on any atom is -0.508 e. The van der Waals surface area contributed by atoms with Gasteiger partial charge in [0.15, 0.2) is 0 Å². The van der Waals surface area contributed by atoms with E-state index in [4.69, 9.17) is 9.05 Å². The molecule has 0 spiro atoms. The summed E-state index contributed by atoms with van der Waals surface area (Å²) in [5.74, 6) is 1.92. The first-order valence-electron chi connectivity index (χ1n) is 10.3. The molecule has 5 atom stereocenters. The maximum atomic E-state index is 13.7. The number of aromatic hydroxyl groups is 1. The second kappa shape index (κ2) is 6.60. The topological polar surface area (TPSA) is 63.9 Å². The molecule has 2 unspecified atom stereocenters. The number of aromatic nitrogens is 1. The average molecular weight is 404 g/mol. The minimum atomic E-state index is -3.51. The van der Waals surface area contributed by atoms with E-state index in [9.17, 15) is 9.67 Å². The lowest BCUT2D eigenvalue weighted by atomic mass is 9.65. The molecule has 2 aromatic rings. The summed E-state index contributed by atoms with van der Waals surface area (Å²) < 4.78 is 26.4. The third-order valence-electron chi connectivity index (χ3n) is 7.33. The lowest BCUT2D eigenvalue weighted by Crippen LogP contribution is -2.56. The fourth-order valence-electron chi connectivity index (χ4n) is 6.31. The number of hydrogen-bond acceptors (Lipinski definition) is 5. The fraction of sp³-hybridized carbons (Fsp3) is 0.619. The SMILES string of the molecule is CC[C@H]1C[C@H]2C[C@H]3c4c(c5cc(O)ccc5n4P(=O)(OC)OC)CCN(C2)C13. The van der Waals surface area contributed by atoms with Crippen LogP contribution in [0.4, 0.5) is 0 Å². The molecule has 2 saturated heterocycles. The number of phenolic OH excluding ortho intramolecular Hbond substituents is 1. The van der Waals surface area contributed by atoms with Gasteiger partial charge in [0.25, 0.3) is 0 Å². The van der Waals surface area contributed by atoms with Crippen LogP contribution in [0.5, 0.6) is 5.75 Å². The third kappa shape index (κ3) is 2.48. The Hall–Kier alpha value is -1.33. The van der Waals surface area contributed by atoms with E-state index in [0.29, 0.717) is 23.8 Å². The minimum absolute atomic E-state index is 0.234. The van der Waals surface area contributed by atoms with Gasteiger partial charge in [0.05, 0.1) is 5.52 Å². The summed E-state index contributed by atoms with van der Waals surface area (Å²) in [6, 6.07) is 5.79. The first-order valence-corrected chi connectivity index (χ1v) is 11.8. The molecule has 1 saturated carbocycles. The number of hydrogen-bond donors (Lipinski definition) is 1. The van der Waals surface area contributed by atoms with Crippen LogP contribution >= 0.6 is 7.75 Å². The summed E-state index contributed by atoms with van der Waals surface area (Å²) in [7, 11) is -0.602. The molecule has 28 heavy (non-hydrogen) atoms. The molecular weight excluding hydrogens is 375 g/mol. The van der Waals surface area contributed by atoms with Crippen molar-refractivity contribution in [2.24, 2.45) is 11.8 Å². The number of rotatable bonds is 4. The molecule has 1 aromatic carbocycles. The zero-order valence-corrected chi connectivity index (χ0v) is 17.7. The first kappa shape index (κ1) is 18.7. The van der Waals surface area contributed by atoms with E-state index in [1.54, 1.807) is 12.1 Å². The summed E-state index contributed by atoms with van der Waals surface area (Å²) >= 11 is 0. The number of piperidine rings is 2. The van der Waals surface area contributed by atoms with Crippen LogP contribution in [-0.2, 0) is 20.0 Å². The lowest BCUT2D eigenvalue weighted by molar-refractivity contribution is -0.0138. The average Bonchev–Trinajstić information content (AvgIpc) is 2.99. The van der Waals surface area contributed by atoms with Crippen LogP contribution in [0.3, 0.4) is 0 Å². The van der Waals surface area contributed by atoms with Crippen molar-refractivity contribution in [3.63, 3.8) is 0 Å². The van der Waals surface area contributed by atoms with Crippen molar-refractivity contribution in [2.75, 3.05) is 27.3 Å². The van der Waals surface area contributed by atoms with Crippen LogP contribution in [0.15, 0.2) is 18.2 Å². The van der Waals surface area contributed by atoms with E-state index in [2.05, 4.69) is 11.8 Å². The van der Waals surface area contributed by atoms with Crippen molar-refractivity contribution in [2.45, 2.75) is 44.6 Å². The van der Waals surface area contributed by atoms with Crippen molar-refractivity contribution in [1.82, 2.24) is 9.24 Å². The molecule has 3 fully saturated rings. The Bertz CT molecular complexity index is 963. The molecule has 1 aromatic heterocycles. The van der Waals surface area contributed by atoms with Gasteiger partial charge in [0, 0.05) is 50.3 Å². The second-order valence-electron chi connectivity index (χ2n) is 8.56. The maximum Gasteiger partial charge on any atom is 0.439 e. The predicted molar refractivity (Wildman–Crippen MR) is 109 cm³/mol. The Morgan fingerprint density at radius 1 is 1.25 bits per heavy atom. The molecule has 4 aliphatic rings. The van der Waals surface area contributed by atoms with Gasteiger partial charge in [-0.25, -0.2) is 4.57 Å². The van der Waals surface area contributed by atoms with E-state index in [0.717, 1.165) is 36.0 Å². The van der Waals surface area contributed by atoms with Crippen molar-refractivity contribution >= 4 is 18.6 Å². The van der Waals surface area contributed by atoms with Crippen molar-refractivity contribution in [1.29, 1.82) is 0 Å². The summed E-state index contributed by atoms with van der Waals surface area (Å²) in [6.07, 6.45) is 4.50. The maximum absolute atomic E-state index is 13.7. The van der Waals surface area contributed by atoms with Crippen LogP contribution in [0.2, 0.25) is 0 Å². The third-order valence-corrected chi connectivity index (χ3v) is 9.18. The predicted octanol–water partition coefficient (Wildman–Crippen LogP) is 4.36. The van der Waals surface area contributed by atoms with Crippen LogP contribution in [0.1, 0.15) is 43.4 Å². The van der Waals surface area contributed by atoms with Crippen molar-refractivity contribution in [3.05, 3.63) is 29.5 Å². The second-order valence-corrected chi connectivity index (χ2v) is 10.6. The zero-order valence-electron chi connectivity index (χ0n) is 16.8. The number of fused-ring (bicyclic) bond motifs is 4. The standard InChI is InChI=1S/C21H29N2O4P/c1-4-14-9-13-10-18-20(14)22(12-13)8-7-16-17-11-15(24)5-6-19(17)23(21(16)18)28(25,26-2)27-3/h5-6,11,13-14,18,20,24H,4,7-10,12H2,1-3H3/t13-,14-,18+,20?/m0/s1. The van der Waals surface area contributed by atoms with Gasteiger partial charge in [-0.2, -0.15) is 0 Å². The zero-order chi connectivity index (χ0) is 19.6. The van der Waals surface area contributed by atoms with Gasteiger partial charge in [0.2, 0.25) is 0 Å². The highest BCUT2D eigenvalue weighted by Crippen LogP contribution is 2.58. The van der Waals surface area contributed by atoms with Gasteiger partial charge in [-0.1, -0.05) is 13.3 Å². The van der Waals surface area contributed by atoms with E-state index < -0.39 is 7.75 Å². The lowest BCUT2D eigenvalue weighted by Gasteiger charge is -2.53. The van der Waals surface area contributed by atoms with Crippen LogP contribution in [0.25, 0.3) is 10.9 Å². The number of nitrogens with zero attached hydrogens (tertiary/aromatic N) is 2. The molecule has 0 amide bonds. The summed E-state index contributed by atoms with van der Waals surface area (Å²) in [5.41, 5.74) is 3.15. The molecule has 7 heteroatoms. The highest BCUT2D eigenvalue weighted by molar-refractivity contribution is 7.52. The van der Waals surface area contributed by atoms with Crippen LogP contribution < -0.4 is 0 Å².